The normalized spacial score (nSPS) is 15.4. The minimum atomic E-state index is -1.03. The van der Waals surface area contributed by atoms with Gasteiger partial charge in [0.2, 0.25) is 5.91 Å². The number of rotatable bonds is 6. The Labute approximate surface area is 202 Å². The summed E-state index contributed by atoms with van der Waals surface area (Å²) in [6, 6.07) is 30.2. The van der Waals surface area contributed by atoms with Crippen molar-refractivity contribution >= 4 is 28.8 Å². The Kier molecular flexibility index (Phi) is 6.11. The Balaban J connectivity index is 1.52. The predicted molar refractivity (Wildman–Crippen MR) is 136 cm³/mol. The van der Waals surface area contributed by atoms with E-state index in [9.17, 15) is 14.7 Å². The Morgan fingerprint density at radius 3 is 1.94 bits per heavy atom. The van der Waals surface area contributed by atoms with Crippen molar-refractivity contribution in [3.05, 3.63) is 125 Å². The number of aliphatic carboxylic acids is 1. The average Bonchev–Trinajstić information content (AvgIpc) is 3.54. The fourth-order valence-electron chi connectivity index (χ4n) is 4.52. The quantitative estimate of drug-likeness (QED) is 0.384. The van der Waals surface area contributed by atoms with Crippen molar-refractivity contribution in [2.24, 2.45) is 0 Å². The molecule has 1 aromatic heterocycles. The predicted octanol–water partition coefficient (Wildman–Crippen LogP) is 5.93. The summed E-state index contributed by atoms with van der Waals surface area (Å²) in [5.74, 6) is -1.82. The first-order valence-corrected chi connectivity index (χ1v) is 12.0. The summed E-state index contributed by atoms with van der Waals surface area (Å²) in [4.78, 5) is 28.7. The summed E-state index contributed by atoms with van der Waals surface area (Å²) in [6.45, 7) is 0.256. The van der Waals surface area contributed by atoms with E-state index in [1.165, 1.54) is 4.90 Å². The lowest BCUT2D eigenvalue weighted by Gasteiger charge is -2.27. The topological polar surface area (TPSA) is 57.6 Å². The van der Waals surface area contributed by atoms with Crippen LogP contribution in [0.25, 0.3) is 16.7 Å². The molecular weight excluding hydrogens is 442 g/mol. The molecule has 0 spiro atoms. The van der Waals surface area contributed by atoms with Gasteiger partial charge in [0.15, 0.2) is 0 Å². The molecule has 0 radical (unpaired) electrons. The molecule has 0 aliphatic carbocycles. The summed E-state index contributed by atoms with van der Waals surface area (Å²) in [6.07, 6.45) is 1.73. The van der Waals surface area contributed by atoms with E-state index >= 15 is 0 Å². The molecule has 0 bridgehead atoms. The van der Waals surface area contributed by atoms with Gasteiger partial charge in [0.1, 0.15) is 6.04 Å². The third kappa shape index (κ3) is 4.18. The Bertz CT molecular complexity index is 1290. The highest BCUT2D eigenvalue weighted by molar-refractivity contribution is 7.11. The SMILES string of the molecule is O=C(O)[C@@H]1C=C(c2sccc2-c2ccccc2)CN1C(=O)C(c1ccccc1)c1ccccc1. The van der Waals surface area contributed by atoms with Crippen molar-refractivity contribution in [3.8, 4) is 11.1 Å². The smallest absolute Gasteiger partial charge is 0.330 e. The van der Waals surface area contributed by atoms with Crippen LogP contribution in [0.15, 0.2) is 109 Å². The van der Waals surface area contributed by atoms with Gasteiger partial charge in [-0.15, -0.1) is 11.3 Å². The highest BCUT2D eigenvalue weighted by Gasteiger charge is 2.39. The van der Waals surface area contributed by atoms with Gasteiger partial charge in [0.05, 0.1) is 5.92 Å². The fourth-order valence-corrected chi connectivity index (χ4v) is 5.46. The summed E-state index contributed by atoms with van der Waals surface area (Å²) in [7, 11) is 0. The van der Waals surface area contributed by atoms with Gasteiger partial charge in [-0.3, -0.25) is 4.79 Å². The molecule has 1 N–H and O–H groups in total. The maximum absolute atomic E-state index is 14.0. The molecule has 4 nitrogen and oxygen atoms in total. The molecule has 5 heteroatoms. The van der Waals surface area contributed by atoms with Gasteiger partial charge in [0, 0.05) is 17.0 Å². The van der Waals surface area contributed by atoms with Gasteiger partial charge in [-0.2, -0.15) is 0 Å². The second kappa shape index (κ2) is 9.49. The van der Waals surface area contributed by atoms with E-state index < -0.39 is 17.9 Å². The van der Waals surface area contributed by atoms with Crippen LogP contribution in [0.1, 0.15) is 21.9 Å². The molecule has 5 rings (SSSR count). The number of carboxylic acid groups (broad SMARTS) is 1. The van der Waals surface area contributed by atoms with Crippen molar-refractivity contribution in [2.75, 3.05) is 6.54 Å². The van der Waals surface area contributed by atoms with Crippen molar-refractivity contribution in [1.82, 2.24) is 4.90 Å². The lowest BCUT2D eigenvalue weighted by Crippen LogP contribution is -2.43. The van der Waals surface area contributed by atoms with Gasteiger partial charge in [-0.25, -0.2) is 4.79 Å². The summed E-state index contributed by atoms with van der Waals surface area (Å²) >= 11 is 1.57. The van der Waals surface area contributed by atoms with E-state index in [2.05, 4.69) is 0 Å². The van der Waals surface area contributed by atoms with Crippen LogP contribution in [0, 0.1) is 0 Å². The third-order valence-corrected chi connectivity index (χ3v) is 7.12. The first-order chi connectivity index (χ1) is 16.6. The summed E-state index contributed by atoms with van der Waals surface area (Å²) in [5, 5.41) is 12.0. The number of thiophene rings is 1. The van der Waals surface area contributed by atoms with E-state index in [4.69, 9.17) is 0 Å². The first kappa shape index (κ1) is 21.9. The molecule has 168 valence electrons. The van der Waals surface area contributed by atoms with Gasteiger partial charge >= 0.3 is 5.97 Å². The number of carboxylic acids is 1. The number of benzene rings is 3. The highest BCUT2D eigenvalue weighted by Crippen LogP contribution is 2.38. The van der Waals surface area contributed by atoms with Crippen molar-refractivity contribution < 1.29 is 14.7 Å². The van der Waals surface area contributed by atoms with Crippen LogP contribution < -0.4 is 0 Å². The Morgan fingerprint density at radius 1 is 0.824 bits per heavy atom. The van der Waals surface area contributed by atoms with Crippen molar-refractivity contribution in [1.29, 1.82) is 0 Å². The highest BCUT2D eigenvalue weighted by atomic mass is 32.1. The molecule has 1 aliphatic rings. The van der Waals surface area contributed by atoms with Crippen molar-refractivity contribution in [3.63, 3.8) is 0 Å². The number of amides is 1. The Morgan fingerprint density at radius 2 is 1.38 bits per heavy atom. The maximum atomic E-state index is 14.0. The fraction of sp³-hybridized carbons (Fsp3) is 0.103. The zero-order chi connectivity index (χ0) is 23.5. The molecule has 4 aromatic rings. The first-order valence-electron chi connectivity index (χ1n) is 11.1. The molecule has 0 saturated heterocycles. The van der Waals surface area contributed by atoms with Crippen LogP contribution in [-0.4, -0.2) is 34.5 Å². The monoisotopic (exact) mass is 465 g/mol. The molecule has 0 unspecified atom stereocenters. The van der Waals surface area contributed by atoms with E-state index in [0.29, 0.717) is 0 Å². The number of hydrogen-bond donors (Lipinski definition) is 1. The van der Waals surface area contributed by atoms with Crippen LogP contribution in [0.5, 0.6) is 0 Å². The largest absolute Gasteiger partial charge is 0.479 e. The van der Waals surface area contributed by atoms with E-state index in [-0.39, 0.29) is 12.5 Å². The molecule has 1 amide bonds. The molecule has 34 heavy (non-hydrogen) atoms. The lowest BCUT2D eigenvalue weighted by molar-refractivity contribution is -0.147. The lowest BCUT2D eigenvalue weighted by atomic mass is 9.89. The van der Waals surface area contributed by atoms with E-state index in [1.807, 2.05) is 102 Å². The molecule has 0 fully saturated rings. The Hall–Kier alpha value is -3.96. The van der Waals surface area contributed by atoms with E-state index in [0.717, 1.165) is 32.7 Å². The van der Waals surface area contributed by atoms with Gasteiger partial charge in [0.25, 0.3) is 0 Å². The average molecular weight is 466 g/mol. The molecular formula is C29H23NO3S. The van der Waals surface area contributed by atoms with Crippen LogP contribution >= 0.6 is 11.3 Å². The molecule has 1 atom stereocenters. The number of nitrogens with zero attached hydrogens (tertiary/aromatic N) is 1. The standard InChI is InChI=1S/C29H23NO3S/c31-28(26(21-12-6-2-7-13-21)22-14-8-3-9-15-22)30-19-23(18-25(30)29(32)33)27-24(16-17-34-27)20-10-4-1-5-11-20/h1-18,25-26H,19H2,(H,32,33)/t25-/m0/s1. The summed E-state index contributed by atoms with van der Waals surface area (Å²) < 4.78 is 0. The second-order valence-corrected chi connectivity index (χ2v) is 9.14. The van der Waals surface area contributed by atoms with Crippen LogP contribution in [0.3, 0.4) is 0 Å². The number of carbonyl (C=O) groups excluding carboxylic acids is 1. The molecule has 1 aliphatic heterocycles. The van der Waals surface area contributed by atoms with Gasteiger partial charge in [-0.1, -0.05) is 91.0 Å². The van der Waals surface area contributed by atoms with Crippen molar-refractivity contribution in [2.45, 2.75) is 12.0 Å². The van der Waals surface area contributed by atoms with Gasteiger partial charge in [-0.05, 0) is 39.8 Å². The van der Waals surface area contributed by atoms with Crippen LogP contribution in [-0.2, 0) is 9.59 Å². The maximum Gasteiger partial charge on any atom is 0.330 e. The number of hydrogen-bond acceptors (Lipinski definition) is 3. The minimum absolute atomic E-state index is 0.214. The second-order valence-electron chi connectivity index (χ2n) is 8.22. The minimum Gasteiger partial charge on any atom is -0.479 e. The third-order valence-electron chi connectivity index (χ3n) is 6.13. The van der Waals surface area contributed by atoms with Crippen LogP contribution in [0.2, 0.25) is 0 Å². The molecule has 3 aromatic carbocycles. The zero-order valence-corrected chi connectivity index (χ0v) is 19.2. The summed E-state index contributed by atoms with van der Waals surface area (Å²) in [5.41, 5.74) is 4.69. The van der Waals surface area contributed by atoms with Gasteiger partial charge < -0.3 is 10.0 Å². The zero-order valence-electron chi connectivity index (χ0n) is 18.4. The molecule has 2 heterocycles. The van der Waals surface area contributed by atoms with Crippen LogP contribution in [0.4, 0.5) is 0 Å². The molecule has 0 saturated carbocycles. The van der Waals surface area contributed by atoms with E-state index in [1.54, 1.807) is 17.4 Å². The number of carbonyl (C=O) groups is 2.